The molecule has 0 saturated carbocycles. The number of likely N-dealkylation sites (N-methyl/N-ethyl adjacent to an activating group) is 1. The number of para-hydroxylation sites is 1. The van der Waals surface area contributed by atoms with Gasteiger partial charge in [-0.3, -0.25) is 14.5 Å². The van der Waals surface area contributed by atoms with E-state index in [2.05, 4.69) is 47.1 Å². The summed E-state index contributed by atoms with van der Waals surface area (Å²) in [5.41, 5.74) is 4.75. The highest BCUT2D eigenvalue weighted by atomic mass is 16.2. The van der Waals surface area contributed by atoms with Crippen LogP contribution in [0.3, 0.4) is 0 Å². The van der Waals surface area contributed by atoms with Crippen LogP contribution in [0.4, 0.5) is 5.69 Å². The van der Waals surface area contributed by atoms with Crippen molar-refractivity contribution in [3.8, 4) is 0 Å². The summed E-state index contributed by atoms with van der Waals surface area (Å²) < 4.78 is 0. The lowest BCUT2D eigenvalue weighted by Gasteiger charge is -2.40. The molecular weight excluding hydrogens is 388 g/mol. The van der Waals surface area contributed by atoms with Crippen LogP contribution in [-0.4, -0.2) is 79.9 Å². The number of hydrogen-bond acceptors (Lipinski definition) is 4. The van der Waals surface area contributed by atoms with Gasteiger partial charge in [-0.2, -0.15) is 0 Å². The van der Waals surface area contributed by atoms with Crippen molar-refractivity contribution in [2.75, 3.05) is 58.3 Å². The van der Waals surface area contributed by atoms with Crippen molar-refractivity contribution in [2.45, 2.75) is 19.4 Å². The summed E-state index contributed by atoms with van der Waals surface area (Å²) in [7, 11) is 3.56. The first-order valence-corrected chi connectivity index (χ1v) is 11.1. The number of amides is 2. The Hall–Kier alpha value is -2.86. The molecule has 0 N–H and O–H groups in total. The number of hydrogen-bond donors (Lipinski definition) is 0. The highest BCUT2D eigenvalue weighted by Gasteiger charge is 2.35. The summed E-state index contributed by atoms with van der Waals surface area (Å²) in [5.74, 6) is 0.143. The largest absolute Gasteiger partial charge is 0.368 e. The molecule has 0 aliphatic carbocycles. The zero-order chi connectivity index (χ0) is 22.0. The minimum Gasteiger partial charge on any atom is -0.368 e. The monoisotopic (exact) mass is 420 g/mol. The maximum absolute atomic E-state index is 13.2. The molecule has 6 heteroatoms. The molecule has 1 saturated heterocycles. The van der Waals surface area contributed by atoms with Crippen LogP contribution in [0.25, 0.3) is 0 Å². The molecule has 31 heavy (non-hydrogen) atoms. The first-order chi connectivity index (χ1) is 15.0. The Morgan fingerprint density at radius 3 is 2.32 bits per heavy atom. The van der Waals surface area contributed by atoms with Gasteiger partial charge in [0.15, 0.2) is 0 Å². The van der Waals surface area contributed by atoms with E-state index in [4.69, 9.17) is 0 Å². The molecule has 1 fully saturated rings. The Kier molecular flexibility index (Phi) is 6.28. The van der Waals surface area contributed by atoms with E-state index in [9.17, 15) is 9.59 Å². The smallest absolute Gasteiger partial charge is 0.244 e. The number of carbonyl (C=O) groups is 2. The number of rotatable bonds is 4. The van der Waals surface area contributed by atoms with Crippen LogP contribution < -0.4 is 4.90 Å². The van der Waals surface area contributed by atoms with Crippen molar-refractivity contribution >= 4 is 17.5 Å². The average Bonchev–Trinajstić information content (AvgIpc) is 2.79. The molecular formula is C25H32N4O2. The summed E-state index contributed by atoms with van der Waals surface area (Å²) in [5, 5.41) is 0. The second kappa shape index (κ2) is 9.10. The van der Waals surface area contributed by atoms with Gasteiger partial charge in [-0.05, 0) is 36.1 Å². The molecule has 1 unspecified atom stereocenters. The predicted octanol–water partition coefficient (Wildman–Crippen LogP) is 2.33. The highest BCUT2D eigenvalue weighted by Crippen LogP contribution is 2.31. The van der Waals surface area contributed by atoms with E-state index in [0.29, 0.717) is 13.1 Å². The molecule has 0 radical (unpaired) electrons. The lowest BCUT2D eigenvalue weighted by molar-refractivity contribution is -0.139. The van der Waals surface area contributed by atoms with Gasteiger partial charge in [-0.1, -0.05) is 42.5 Å². The molecule has 2 amide bonds. The number of aryl methyl sites for hydroxylation is 1. The molecule has 2 aliphatic heterocycles. The number of carbonyl (C=O) groups excluding carboxylic acids is 2. The van der Waals surface area contributed by atoms with Gasteiger partial charge in [-0.15, -0.1) is 0 Å². The zero-order valence-electron chi connectivity index (χ0n) is 18.8. The fourth-order valence-corrected chi connectivity index (χ4v) is 4.71. The standard InChI is InChI=1S/C25H32N4O2/c1-19-8-4-7-11-22(19)27-14-16-28(17-15-27)23(30)18-29-13-12-20-9-5-6-10-21(20)24(29)25(31)26(2)3/h4-11,24H,12-18H2,1-3H3. The van der Waals surface area contributed by atoms with Gasteiger partial charge in [0.25, 0.3) is 0 Å². The SMILES string of the molecule is Cc1ccccc1N1CCN(C(=O)CN2CCc3ccccc3C2C(=O)N(C)C)CC1. The van der Waals surface area contributed by atoms with Gasteiger partial charge in [0.2, 0.25) is 11.8 Å². The Bertz CT molecular complexity index is 950. The van der Waals surface area contributed by atoms with E-state index < -0.39 is 6.04 Å². The van der Waals surface area contributed by atoms with E-state index in [1.54, 1.807) is 19.0 Å². The van der Waals surface area contributed by atoms with Gasteiger partial charge in [0.1, 0.15) is 6.04 Å². The molecule has 164 valence electrons. The van der Waals surface area contributed by atoms with Crippen LogP contribution in [0.1, 0.15) is 22.7 Å². The van der Waals surface area contributed by atoms with Crippen LogP contribution in [0.2, 0.25) is 0 Å². The maximum atomic E-state index is 13.2. The molecule has 0 spiro atoms. The molecule has 2 aromatic rings. The summed E-state index contributed by atoms with van der Waals surface area (Å²) in [4.78, 5) is 34.2. The Balaban J connectivity index is 1.43. The summed E-state index contributed by atoms with van der Waals surface area (Å²) in [6.07, 6.45) is 0.863. The van der Waals surface area contributed by atoms with E-state index in [0.717, 1.165) is 31.6 Å². The topological polar surface area (TPSA) is 47.1 Å². The van der Waals surface area contributed by atoms with Crippen LogP contribution in [0.5, 0.6) is 0 Å². The van der Waals surface area contributed by atoms with Gasteiger partial charge >= 0.3 is 0 Å². The summed E-state index contributed by atoms with van der Waals surface area (Å²) >= 11 is 0. The molecule has 0 aromatic heterocycles. The minimum atomic E-state index is -0.392. The van der Waals surface area contributed by atoms with E-state index in [1.165, 1.54) is 16.8 Å². The van der Waals surface area contributed by atoms with Crippen LogP contribution in [-0.2, 0) is 16.0 Å². The number of anilines is 1. The molecule has 6 nitrogen and oxygen atoms in total. The van der Waals surface area contributed by atoms with Crippen molar-refractivity contribution in [3.05, 3.63) is 65.2 Å². The van der Waals surface area contributed by atoms with Crippen LogP contribution in [0.15, 0.2) is 48.5 Å². The van der Waals surface area contributed by atoms with Gasteiger partial charge in [-0.25, -0.2) is 0 Å². The summed E-state index contributed by atoms with van der Waals surface area (Å²) in [6, 6.07) is 16.1. The normalized spacial score (nSPS) is 19.1. The molecule has 1 atom stereocenters. The second-order valence-corrected chi connectivity index (χ2v) is 8.71. The van der Waals surface area contributed by atoms with E-state index >= 15 is 0 Å². The van der Waals surface area contributed by atoms with Gasteiger partial charge in [0, 0.05) is 52.5 Å². The van der Waals surface area contributed by atoms with E-state index in [-0.39, 0.29) is 18.4 Å². The Labute approximate surface area is 185 Å². The number of fused-ring (bicyclic) bond motifs is 1. The predicted molar refractivity (Wildman–Crippen MR) is 123 cm³/mol. The maximum Gasteiger partial charge on any atom is 0.244 e. The molecule has 2 heterocycles. The Morgan fingerprint density at radius 1 is 0.935 bits per heavy atom. The fraction of sp³-hybridized carbons (Fsp3) is 0.440. The third kappa shape index (κ3) is 4.44. The van der Waals surface area contributed by atoms with Crippen molar-refractivity contribution in [1.82, 2.24) is 14.7 Å². The highest BCUT2D eigenvalue weighted by molar-refractivity contribution is 5.85. The van der Waals surface area contributed by atoms with Crippen LogP contribution in [0, 0.1) is 6.92 Å². The Morgan fingerprint density at radius 2 is 1.61 bits per heavy atom. The number of benzene rings is 2. The van der Waals surface area contributed by atoms with Crippen molar-refractivity contribution in [1.29, 1.82) is 0 Å². The number of nitrogens with zero attached hydrogens (tertiary/aromatic N) is 4. The minimum absolute atomic E-state index is 0.0318. The van der Waals surface area contributed by atoms with Gasteiger partial charge in [0.05, 0.1) is 6.54 Å². The molecule has 2 aliphatic rings. The molecule has 0 bridgehead atoms. The fourth-order valence-electron chi connectivity index (χ4n) is 4.71. The lowest BCUT2D eigenvalue weighted by atomic mass is 9.91. The molecule has 2 aromatic carbocycles. The second-order valence-electron chi connectivity index (χ2n) is 8.71. The van der Waals surface area contributed by atoms with Crippen molar-refractivity contribution < 1.29 is 9.59 Å². The zero-order valence-corrected chi connectivity index (χ0v) is 18.8. The third-order valence-electron chi connectivity index (χ3n) is 6.48. The number of piperazine rings is 1. The van der Waals surface area contributed by atoms with Gasteiger partial charge < -0.3 is 14.7 Å². The first-order valence-electron chi connectivity index (χ1n) is 11.1. The molecule has 4 rings (SSSR count). The lowest BCUT2D eigenvalue weighted by Crippen LogP contribution is -2.53. The van der Waals surface area contributed by atoms with E-state index in [1.807, 2.05) is 23.1 Å². The van der Waals surface area contributed by atoms with Crippen molar-refractivity contribution in [2.24, 2.45) is 0 Å². The quantitative estimate of drug-likeness (QED) is 0.762. The summed E-state index contributed by atoms with van der Waals surface area (Å²) in [6.45, 7) is 6.22. The average molecular weight is 421 g/mol. The third-order valence-corrected chi connectivity index (χ3v) is 6.48. The van der Waals surface area contributed by atoms with Crippen LogP contribution >= 0.6 is 0 Å². The van der Waals surface area contributed by atoms with Crippen molar-refractivity contribution in [3.63, 3.8) is 0 Å². The first kappa shape index (κ1) is 21.4.